The highest BCUT2D eigenvalue weighted by Crippen LogP contribution is 2.30. The Morgan fingerprint density at radius 1 is 1.41 bits per heavy atom. The van der Waals surface area contributed by atoms with Crippen molar-refractivity contribution in [2.75, 3.05) is 30.4 Å². The summed E-state index contributed by atoms with van der Waals surface area (Å²) in [7, 11) is 0. The summed E-state index contributed by atoms with van der Waals surface area (Å²) in [6.45, 7) is 11.9. The molecule has 2 rings (SSSR count). The van der Waals surface area contributed by atoms with E-state index in [1.807, 2.05) is 6.92 Å². The third-order valence-corrected chi connectivity index (χ3v) is 4.65. The van der Waals surface area contributed by atoms with Crippen LogP contribution in [0.4, 0.5) is 14.9 Å². The van der Waals surface area contributed by atoms with Gasteiger partial charge >= 0.3 is 6.09 Å². The predicted molar refractivity (Wildman–Crippen MR) is 120 cm³/mol. The zero-order chi connectivity index (χ0) is 22.0. The maximum absolute atomic E-state index is 14.5. The monoisotopic (exact) mass is 430 g/mol. The number of hydrogen-bond donors (Lipinski definition) is 3. The maximum atomic E-state index is 14.5. The van der Waals surface area contributed by atoms with Crippen molar-refractivity contribution in [3.8, 4) is 0 Å². The lowest BCUT2D eigenvalue weighted by atomic mass is 9.93. The Kier molecular flexibility index (Phi) is 11.0. The van der Waals surface area contributed by atoms with Crippen LogP contribution in [0.15, 0.2) is 18.2 Å². The minimum absolute atomic E-state index is 0.0609. The van der Waals surface area contributed by atoms with Crippen LogP contribution < -0.4 is 16.0 Å². The van der Waals surface area contributed by atoms with Gasteiger partial charge in [-0.2, -0.15) is 4.55 Å². The average Bonchev–Trinajstić information content (AvgIpc) is 3.00. The summed E-state index contributed by atoms with van der Waals surface area (Å²) in [6, 6.07) is 4.86. The molecule has 4 N–H and O–H groups in total. The second-order valence-corrected chi connectivity index (χ2v) is 9.47. The summed E-state index contributed by atoms with van der Waals surface area (Å²) < 4.78 is 28.7. The van der Waals surface area contributed by atoms with Crippen molar-refractivity contribution in [3.63, 3.8) is 0 Å². The molecule has 1 fully saturated rings. The molecule has 0 spiro atoms. The summed E-state index contributed by atoms with van der Waals surface area (Å²) in [5, 5.41) is 2.92. The highest BCUT2D eigenvalue weighted by atomic mass is 32.2. The van der Waals surface area contributed by atoms with E-state index >= 15 is 0 Å². The summed E-state index contributed by atoms with van der Waals surface area (Å²) in [5.74, 6) is 0.351. The number of halogens is 1. The quantitative estimate of drug-likeness (QED) is 0.314. The third-order valence-electron chi connectivity index (χ3n) is 4.20. The van der Waals surface area contributed by atoms with Gasteiger partial charge < -0.3 is 15.8 Å². The van der Waals surface area contributed by atoms with Gasteiger partial charge in [-0.25, -0.2) is 9.18 Å². The second kappa shape index (κ2) is 12.4. The van der Waals surface area contributed by atoms with Gasteiger partial charge in [-0.15, -0.1) is 0 Å². The number of amides is 1. The van der Waals surface area contributed by atoms with Gasteiger partial charge in [0, 0.05) is 19.6 Å². The molecule has 1 aromatic carbocycles. The Bertz CT molecular complexity index is 634. The van der Waals surface area contributed by atoms with Crippen LogP contribution >= 0.6 is 0 Å². The molecule has 1 heterocycles. The smallest absolute Gasteiger partial charge is 0.414 e. The molecule has 29 heavy (non-hydrogen) atoms. The van der Waals surface area contributed by atoms with E-state index in [0.717, 1.165) is 12.8 Å². The first-order chi connectivity index (χ1) is 13.6. The van der Waals surface area contributed by atoms with E-state index < -0.39 is 6.09 Å². The lowest BCUT2D eigenvalue weighted by molar-refractivity contribution is 0.140. The number of carbonyl (C=O) groups excluding carboxylic acids is 1. The molecule has 0 radical (unpaired) electrons. The second-order valence-electron chi connectivity index (χ2n) is 8.74. The number of anilines is 1. The van der Waals surface area contributed by atoms with Crippen molar-refractivity contribution >= 4 is 23.8 Å². The van der Waals surface area contributed by atoms with Crippen LogP contribution in [0.1, 0.15) is 58.9 Å². The van der Waals surface area contributed by atoms with Gasteiger partial charge in [-0.05, 0) is 35.4 Å². The average molecular weight is 431 g/mol. The van der Waals surface area contributed by atoms with Gasteiger partial charge in [0.25, 0.3) is 0 Å². The number of nitrogens with one attached hydrogen (secondary N) is 1. The predicted octanol–water partition coefficient (Wildman–Crippen LogP) is 3.88. The molecule has 166 valence electrons. The normalized spacial score (nSPS) is 17.6. The summed E-state index contributed by atoms with van der Waals surface area (Å²) in [6.07, 6.45) is 0.751. The van der Waals surface area contributed by atoms with Crippen molar-refractivity contribution < 1.29 is 18.5 Å². The number of carbonyl (C=O) groups is 1. The summed E-state index contributed by atoms with van der Waals surface area (Å²) in [5.41, 5.74) is 6.98. The van der Waals surface area contributed by atoms with Gasteiger partial charge in [0.2, 0.25) is 0 Å². The van der Waals surface area contributed by atoms with Gasteiger partial charge in [0.15, 0.2) is 0 Å². The lowest BCUT2D eigenvalue weighted by Crippen LogP contribution is -2.33. The van der Waals surface area contributed by atoms with Gasteiger partial charge in [0.05, 0.1) is 12.2 Å². The van der Waals surface area contributed by atoms with Crippen molar-refractivity contribution in [2.24, 2.45) is 11.1 Å². The Morgan fingerprint density at radius 3 is 2.59 bits per heavy atom. The molecule has 6 nitrogen and oxygen atoms in total. The van der Waals surface area contributed by atoms with Crippen molar-refractivity contribution in [3.05, 3.63) is 29.6 Å². The maximum Gasteiger partial charge on any atom is 0.414 e. The number of cyclic esters (lactones) is 1. The number of rotatable bonds is 9. The van der Waals surface area contributed by atoms with E-state index in [-0.39, 0.29) is 17.8 Å². The van der Waals surface area contributed by atoms with Gasteiger partial charge in [-0.3, -0.25) is 4.90 Å². The van der Waals surface area contributed by atoms with Crippen LogP contribution in [0.5, 0.6) is 0 Å². The topological polar surface area (TPSA) is 87.8 Å². The fourth-order valence-electron chi connectivity index (χ4n) is 2.89. The van der Waals surface area contributed by atoms with Crippen LogP contribution in [0.25, 0.3) is 0 Å². The molecule has 0 aliphatic carbocycles. The van der Waals surface area contributed by atoms with Gasteiger partial charge in [0.1, 0.15) is 29.7 Å². The van der Waals surface area contributed by atoms with E-state index in [9.17, 15) is 9.18 Å². The first-order valence-corrected chi connectivity index (χ1v) is 11.1. The summed E-state index contributed by atoms with van der Waals surface area (Å²) in [4.78, 5) is 13.4. The Balaban J connectivity index is 0.000000749. The molecule has 0 aromatic heterocycles. The Morgan fingerprint density at radius 2 is 2.07 bits per heavy atom. The van der Waals surface area contributed by atoms with Crippen LogP contribution in [0, 0.1) is 11.2 Å². The molecule has 8 heteroatoms. The van der Waals surface area contributed by atoms with Crippen LogP contribution in [-0.2, 0) is 16.8 Å². The minimum Gasteiger partial charge on any atom is -0.443 e. The number of hydrogen-bond acceptors (Lipinski definition) is 5. The Labute approximate surface area is 178 Å². The third kappa shape index (κ3) is 9.33. The highest BCUT2D eigenvalue weighted by Gasteiger charge is 2.32. The van der Waals surface area contributed by atoms with E-state index in [2.05, 4.69) is 33.0 Å². The van der Waals surface area contributed by atoms with E-state index in [1.165, 1.54) is 11.0 Å². The molecule has 1 aromatic rings. The minimum atomic E-state index is -0.475. The largest absolute Gasteiger partial charge is 0.443 e. The molecule has 0 bridgehead atoms. The molecule has 0 saturated carbocycles. The fourth-order valence-corrected chi connectivity index (χ4v) is 3.32. The first kappa shape index (κ1) is 25.7. The molecular weight excluding hydrogens is 393 g/mol. The molecule has 1 aliphatic heterocycles. The number of nitrogens with zero attached hydrogens (tertiary/aromatic N) is 1. The zero-order valence-electron chi connectivity index (χ0n) is 18.2. The molecule has 2 atom stereocenters. The number of ether oxygens (including phenoxy) is 1. The molecule has 1 saturated heterocycles. The Hall–Kier alpha value is -1.35. The van der Waals surface area contributed by atoms with Crippen molar-refractivity contribution in [1.82, 2.24) is 5.32 Å². The SMILES string of the molecule is CC(C)(C)C.CCC(CC[SH+]O)c1ccc(N2CC(CNCN)OC2=O)cc1F. The fraction of sp³-hybridized carbons (Fsp3) is 0.667. The number of benzene rings is 1. The van der Waals surface area contributed by atoms with Crippen molar-refractivity contribution in [1.29, 1.82) is 0 Å². The number of thiol groups is 1. The molecule has 1 aliphatic rings. The lowest BCUT2D eigenvalue weighted by Gasteiger charge is -2.18. The summed E-state index contributed by atoms with van der Waals surface area (Å²) >= 11 is 0.327. The molecule has 1 amide bonds. The van der Waals surface area contributed by atoms with Crippen LogP contribution in [0.3, 0.4) is 0 Å². The molecule has 2 unspecified atom stereocenters. The standard InChI is InChI=1S/C16H24FN3O3S.C5H12/c1-2-11(5-6-24-22)14-4-3-12(7-15(14)17)20-9-13(8-19-10-18)23-16(20)21;1-5(2,3)4/h3-4,7,11,13,19,22H,2,5-6,8-10,18H2,1H3;1-4H3/p+1. The van der Waals surface area contributed by atoms with Gasteiger partial charge in [-0.1, -0.05) is 40.7 Å². The zero-order valence-corrected chi connectivity index (χ0v) is 19.1. The van der Waals surface area contributed by atoms with E-state index in [4.69, 9.17) is 15.0 Å². The van der Waals surface area contributed by atoms with Crippen molar-refractivity contribution in [2.45, 2.75) is 59.5 Å². The number of nitrogens with two attached hydrogens (primary N) is 1. The first-order valence-electron chi connectivity index (χ1n) is 10.1. The van der Waals surface area contributed by atoms with E-state index in [1.54, 1.807) is 12.1 Å². The van der Waals surface area contributed by atoms with Crippen LogP contribution in [-0.4, -0.2) is 42.3 Å². The highest BCUT2D eigenvalue weighted by molar-refractivity contribution is 7.72. The van der Waals surface area contributed by atoms with E-state index in [0.29, 0.717) is 54.2 Å². The molecular formula is C21H37FN3O3S+. The van der Waals surface area contributed by atoms with Crippen LogP contribution in [0.2, 0.25) is 0 Å².